The Balaban J connectivity index is 2.49. The van der Waals surface area contributed by atoms with Crippen LogP contribution in [0, 0.1) is 5.41 Å². The van der Waals surface area contributed by atoms with Crippen LogP contribution in [0.3, 0.4) is 0 Å². The maximum atomic E-state index is 3.66. The second kappa shape index (κ2) is 6.02. The van der Waals surface area contributed by atoms with Crippen LogP contribution < -0.4 is 5.32 Å². The highest BCUT2D eigenvalue weighted by Crippen LogP contribution is 2.23. The highest BCUT2D eigenvalue weighted by atomic mass is 15.2. The van der Waals surface area contributed by atoms with Crippen molar-refractivity contribution in [3.05, 3.63) is 0 Å². The third-order valence-electron chi connectivity index (χ3n) is 4.01. The second-order valence-corrected chi connectivity index (χ2v) is 6.19. The van der Waals surface area contributed by atoms with Crippen molar-refractivity contribution in [2.75, 3.05) is 19.6 Å². The molecule has 1 saturated heterocycles. The van der Waals surface area contributed by atoms with Gasteiger partial charge in [0.15, 0.2) is 0 Å². The van der Waals surface area contributed by atoms with E-state index in [0.29, 0.717) is 17.5 Å². The van der Waals surface area contributed by atoms with Crippen molar-refractivity contribution < 1.29 is 0 Å². The maximum Gasteiger partial charge on any atom is 0.0195 e. The predicted molar refractivity (Wildman–Crippen MR) is 71.8 cm³/mol. The Morgan fingerprint density at radius 3 is 2.56 bits per heavy atom. The van der Waals surface area contributed by atoms with Gasteiger partial charge in [-0.1, -0.05) is 34.1 Å². The number of piperazine rings is 1. The molecule has 1 aliphatic rings. The van der Waals surface area contributed by atoms with Gasteiger partial charge >= 0.3 is 0 Å². The first-order valence-electron chi connectivity index (χ1n) is 6.96. The van der Waals surface area contributed by atoms with Crippen LogP contribution in [0.25, 0.3) is 0 Å². The van der Waals surface area contributed by atoms with Crippen molar-refractivity contribution in [1.29, 1.82) is 0 Å². The van der Waals surface area contributed by atoms with Gasteiger partial charge in [-0.05, 0) is 25.2 Å². The average molecular weight is 226 g/mol. The fraction of sp³-hybridized carbons (Fsp3) is 1.00. The third kappa shape index (κ3) is 4.06. The van der Waals surface area contributed by atoms with Crippen molar-refractivity contribution in [2.45, 2.75) is 66.0 Å². The molecular weight excluding hydrogens is 196 g/mol. The van der Waals surface area contributed by atoms with E-state index in [0.717, 1.165) is 6.54 Å². The van der Waals surface area contributed by atoms with Gasteiger partial charge in [-0.3, -0.25) is 4.90 Å². The number of hydrogen-bond acceptors (Lipinski definition) is 2. The van der Waals surface area contributed by atoms with Crippen molar-refractivity contribution in [2.24, 2.45) is 5.41 Å². The minimum atomic E-state index is 0.461. The molecule has 0 spiro atoms. The molecule has 2 heteroatoms. The first-order chi connectivity index (χ1) is 7.48. The molecule has 2 atom stereocenters. The molecule has 1 fully saturated rings. The molecular formula is C14H30N2. The summed E-state index contributed by atoms with van der Waals surface area (Å²) < 4.78 is 0. The molecule has 0 aromatic carbocycles. The lowest BCUT2D eigenvalue weighted by atomic mass is 9.88. The third-order valence-corrected chi connectivity index (χ3v) is 4.01. The van der Waals surface area contributed by atoms with Gasteiger partial charge in [-0.2, -0.15) is 0 Å². The molecule has 0 amide bonds. The summed E-state index contributed by atoms with van der Waals surface area (Å²) in [7, 11) is 0. The summed E-state index contributed by atoms with van der Waals surface area (Å²) in [6.45, 7) is 15.3. The second-order valence-electron chi connectivity index (χ2n) is 6.19. The van der Waals surface area contributed by atoms with Crippen LogP contribution in [0.1, 0.15) is 53.9 Å². The first kappa shape index (κ1) is 14.0. The standard InChI is InChI=1S/C14H30N2/c1-6-8-13-10-16(12(3)9-15-13)11-14(4,5)7-2/h12-13,15H,6-11H2,1-5H3. The van der Waals surface area contributed by atoms with E-state index in [4.69, 9.17) is 0 Å². The molecule has 1 N–H and O–H groups in total. The highest BCUT2D eigenvalue weighted by Gasteiger charge is 2.28. The lowest BCUT2D eigenvalue weighted by molar-refractivity contribution is 0.0883. The Hall–Kier alpha value is -0.0800. The summed E-state index contributed by atoms with van der Waals surface area (Å²) in [5.41, 5.74) is 0.461. The van der Waals surface area contributed by atoms with Crippen LogP contribution in [0.15, 0.2) is 0 Å². The van der Waals surface area contributed by atoms with Crippen LogP contribution in [0.4, 0.5) is 0 Å². The van der Waals surface area contributed by atoms with Crippen molar-refractivity contribution in [1.82, 2.24) is 10.2 Å². The summed E-state index contributed by atoms with van der Waals surface area (Å²) in [6.07, 6.45) is 3.87. The summed E-state index contributed by atoms with van der Waals surface area (Å²) in [5, 5.41) is 3.66. The Kier molecular flexibility index (Phi) is 5.26. The molecule has 2 nitrogen and oxygen atoms in total. The van der Waals surface area contributed by atoms with Crippen molar-refractivity contribution in [3.8, 4) is 0 Å². The molecule has 0 aliphatic carbocycles. The normalized spacial score (nSPS) is 28.3. The minimum Gasteiger partial charge on any atom is -0.311 e. The molecule has 0 aromatic heterocycles. The predicted octanol–water partition coefficient (Wildman–Crippen LogP) is 2.89. The zero-order valence-electron chi connectivity index (χ0n) is 11.8. The molecule has 0 bridgehead atoms. The molecule has 1 heterocycles. The van der Waals surface area contributed by atoms with E-state index in [-0.39, 0.29) is 0 Å². The molecule has 0 aromatic rings. The smallest absolute Gasteiger partial charge is 0.0195 e. The maximum absolute atomic E-state index is 3.66. The van der Waals surface area contributed by atoms with Crippen LogP contribution >= 0.6 is 0 Å². The summed E-state index contributed by atoms with van der Waals surface area (Å²) in [5.74, 6) is 0. The lowest BCUT2D eigenvalue weighted by Crippen LogP contribution is -2.57. The van der Waals surface area contributed by atoms with Gasteiger partial charge in [0, 0.05) is 31.7 Å². The molecule has 1 aliphatic heterocycles. The van der Waals surface area contributed by atoms with Gasteiger partial charge in [0.25, 0.3) is 0 Å². The Morgan fingerprint density at radius 1 is 1.31 bits per heavy atom. The van der Waals surface area contributed by atoms with Gasteiger partial charge in [0.1, 0.15) is 0 Å². The minimum absolute atomic E-state index is 0.461. The van der Waals surface area contributed by atoms with Gasteiger partial charge in [-0.15, -0.1) is 0 Å². The summed E-state index contributed by atoms with van der Waals surface area (Å²) in [4.78, 5) is 2.68. The fourth-order valence-corrected chi connectivity index (χ4v) is 2.42. The van der Waals surface area contributed by atoms with Crippen molar-refractivity contribution >= 4 is 0 Å². The fourth-order valence-electron chi connectivity index (χ4n) is 2.42. The quantitative estimate of drug-likeness (QED) is 0.775. The van der Waals surface area contributed by atoms with Gasteiger partial charge in [-0.25, -0.2) is 0 Å². The van der Waals surface area contributed by atoms with E-state index in [1.54, 1.807) is 0 Å². The largest absolute Gasteiger partial charge is 0.311 e. The van der Waals surface area contributed by atoms with Gasteiger partial charge in [0.2, 0.25) is 0 Å². The summed E-state index contributed by atoms with van der Waals surface area (Å²) >= 11 is 0. The highest BCUT2D eigenvalue weighted by molar-refractivity contribution is 4.86. The van der Waals surface area contributed by atoms with E-state index in [1.807, 2.05) is 0 Å². The molecule has 96 valence electrons. The molecule has 1 rings (SSSR count). The number of nitrogens with one attached hydrogen (secondary N) is 1. The monoisotopic (exact) mass is 226 g/mol. The average Bonchev–Trinajstić information content (AvgIpc) is 2.23. The number of hydrogen-bond donors (Lipinski definition) is 1. The Bertz CT molecular complexity index is 201. The van der Waals surface area contributed by atoms with Gasteiger partial charge in [0.05, 0.1) is 0 Å². The van der Waals surface area contributed by atoms with Crippen LogP contribution in [0.5, 0.6) is 0 Å². The number of nitrogens with zero attached hydrogens (tertiary/aromatic N) is 1. The van der Waals surface area contributed by atoms with Crippen molar-refractivity contribution in [3.63, 3.8) is 0 Å². The first-order valence-corrected chi connectivity index (χ1v) is 6.96. The zero-order valence-corrected chi connectivity index (χ0v) is 11.8. The molecule has 0 saturated carbocycles. The zero-order chi connectivity index (χ0) is 12.2. The van der Waals surface area contributed by atoms with E-state index in [2.05, 4.69) is 44.8 Å². The number of rotatable bonds is 5. The van der Waals surface area contributed by atoms with Crippen LogP contribution in [-0.2, 0) is 0 Å². The van der Waals surface area contributed by atoms with E-state index in [9.17, 15) is 0 Å². The molecule has 2 unspecified atom stereocenters. The molecule has 0 radical (unpaired) electrons. The lowest BCUT2D eigenvalue weighted by Gasteiger charge is -2.42. The van der Waals surface area contributed by atoms with Crippen LogP contribution in [-0.4, -0.2) is 36.6 Å². The van der Waals surface area contributed by atoms with Crippen LogP contribution in [0.2, 0.25) is 0 Å². The Labute approximate surface area is 102 Å². The molecule has 16 heavy (non-hydrogen) atoms. The Morgan fingerprint density at radius 2 is 2.00 bits per heavy atom. The van der Waals surface area contributed by atoms with E-state index < -0.39 is 0 Å². The van der Waals surface area contributed by atoms with E-state index in [1.165, 1.54) is 32.4 Å². The van der Waals surface area contributed by atoms with E-state index >= 15 is 0 Å². The van der Waals surface area contributed by atoms with Gasteiger partial charge < -0.3 is 5.32 Å². The SMILES string of the molecule is CCCC1CN(CC(C)(C)CC)C(C)CN1. The summed E-state index contributed by atoms with van der Waals surface area (Å²) in [6, 6.07) is 1.41. The topological polar surface area (TPSA) is 15.3 Å².